The first-order valence-electron chi connectivity index (χ1n) is 7.90. The highest BCUT2D eigenvalue weighted by molar-refractivity contribution is 5.77. The average molecular weight is 307 g/mol. The summed E-state index contributed by atoms with van der Waals surface area (Å²) in [6.07, 6.45) is 4.64. The second kappa shape index (κ2) is 7.54. The largest absolute Gasteiger partial charge is 0.368 e. The topological polar surface area (TPSA) is 84.1 Å². The van der Waals surface area contributed by atoms with Gasteiger partial charge in [0.05, 0.1) is 11.8 Å². The molecule has 1 amide bonds. The molecule has 0 saturated heterocycles. The molecule has 2 rings (SSSR count). The number of ether oxygens (including phenoxy) is 1. The highest BCUT2D eigenvalue weighted by atomic mass is 16.5. The Hall–Kier alpha value is -1.69. The van der Waals surface area contributed by atoms with E-state index in [1.54, 1.807) is 0 Å². The maximum Gasteiger partial charge on any atom is 0.269 e. The molecule has 6 nitrogen and oxygen atoms in total. The number of H-pyrrole nitrogens is 1. The van der Waals surface area contributed by atoms with Crippen molar-refractivity contribution in [2.75, 3.05) is 6.61 Å². The van der Waals surface area contributed by atoms with Crippen molar-refractivity contribution in [1.82, 2.24) is 15.5 Å². The van der Waals surface area contributed by atoms with E-state index in [4.69, 9.17) is 4.74 Å². The van der Waals surface area contributed by atoms with Crippen LogP contribution in [0.5, 0.6) is 0 Å². The van der Waals surface area contributed by atoms with E-state index in [9.17, 15) is 9.59 Å². The summed E-state index contributed by atoms with van der Waals surface area (Å²) in [6, 6.07) is 0. The van der Waals surface area contributed by atoms with Crippen LogP contribution in [0.25, 0.3) is 0 Å². The number of hydrogen-bond acceptors (Lipinski definition) is 4. The predicted molar refractivity (Wildman–Crippen MR) is 83.6 cm³/mol. The molecule has 0 aliphatic heterocycles. The molecule has 22 heavy (non-hydrogen) atoms. The zero-order valence-corrected chi connectivity index (χ0v) is 13.6. The Morgan fingerprint density at radius 1 is 1.41 bits per heavy atom. The third kappa shape index (κ3) is 4.40. The molecule has 1 aliphatic carbocycles. The zero-order valence-electron chi connectivity index (χ0n) is 13.6. The molecule has 2 atom stereocenters. The van der Waals surface area contributed by atoms with Crippen molar-refractivity contribution in [3.05, 3.63) is 27.2 Å². The molecule has 0 unspecified atom stereocenters. The Morgan fingerprint density at radius 2 is 2.18 bits per heavy atom. The minimum atomic E-state index is -0.259. The van der Waals surface area contributed by atoms with Gasteiger partial charge in [0.1, 0.15) is 6.61 Å². The molecule has 1 heterocycles. The molecule has 1 fully saturated rings. The number of hydrogen-bond donors (Lipinski definition) is 2. The van der Waals surface area contributed by atoms with E-state index >= 15 is 0 Å². The normalized spacial score (nSPS) is 21.6. The third-order valence-corrected chi connectivity index (χ3v) is 4.40. The van der Waals surface area contributed by atoms with E-state index in [1.807, 2.05) is 13.8 Å². The lowest BCUT2D eigenvalue weighted by atomic mass is 9.89. The Morgan fingerprint density at radius 3 is 2.91 bits per heavy atom. The number of carbonyl (C=O) groups excluding carboxylic acids is 1. The van der Waals surface area contributed by atoms with Gasteiger partial charge in [-0.25, -0.2) is 5.10 Å². The molecule has 0 spiro atoms. The fourth-order valence-electron chi connectivity index (χ4n) is 2.85. The molecule has 2 N–H and O–H groups in total. The highest BCUT2D eigenvalue weighted by Crippen LogP contribution is 2.25. The number of aromatic amines is 1. The van der Waals surface area contributed by atoms with Gasteiger partial charge in [-0.1, -0.05) is 19.8 Å². The molecule has 6 heteroatoms. The molecule has 1 saturated carbocycles. The fraction of sp³-hybridized carbons (Fsp3) is 0.688. The van der Waals surface area contributed by atoms with E-state index in [1.165, 1.54) is 6.42 Å². The predicted octanol–water partition coefficient (Wildman–Crippen LogP) is 1.60. The maximum absolute atomic E-state index is 11.9. The number of aryl methyl sites for hydroxylation is 1. The summed E-state index contributed by atoms with van der Waals surface area (Å²) in [5.74, 6) is 0.481. The molecule has 1 aromatic heterocycles. The van der Waals surface area contributed by atoms with Crippen molar-refractivity contribution in [1.29, 1.82) is 0 Å². The first-order chi connectivity index (χ1) is 10.5. The first-order valence-corrected chi connectivity index (χ1v) is 7.90. The van der Waals surface area contributed by atoms with Gasteiger partial charge in [0.15, 0.2) is 0 Å². The van der Waals surface area contributed by atoms with Crippen LogP contribution in [0.3, 0.4) is 0 Å². The molecule has 0 bridgehead atoms. The number of amides is 1. The summed E-state index contributed by atoms with van der Waals surface area (Å²) in [7, 11) is 0. The number of rotatable bonds is 5. The zero-order chi connectivity index (χ0) is 16.1. The van der Waals surface area contributed by atoms with E-state index in [2.05, 4.69) is 22.4 Å². The second-order valence-electron chi connectivity index (χ2n) is 6.22. The van der Waals surface area contributed by atoms with Gasteiger partial charge in [0.25, 0.3) is 5.56 Å². The maximum atomic E-state index is 11.9. The first kappa shape index (κ1) is 16.7. The Bertz CT molecular complexity index is 582. The summed E-state index contributed by atoms with van der Waals surface area (Å²) in [5.41, 5.74) is 1.86. The molecule has 1 aromatic rings. The quantitative estimate of drug-likeness (QED) is 0.865. The van der Waals surface area contributed by atoms with E-state index in [0.29, 0.717) is 11.5 Å². The van der Waals surface area contributed by atoms with Crippen LogP contribution < -0.4 is 10.9 Å². The van der Waals surface area contributed by atoms with Crippen molar-refractivity contribution < 1.29 is 9.53 Å². The van der Waals surface area contributed by atoms with E-state index in [0.717, 1.165) is 30.5 Å². The van der Waals surface area contributed by atoms with Gasteiger partial charge >= 0.3 is 0 Å². The Labute approximate surface area is 130 Å². The standard InChI is InChI=1S/C16H25N3O3/c1-10-5-4-6-13(7-10)22-9-15(20)17-8-14-11(2)12(3)18-19-16(14)21/h10,13H,4-9H2,1-3H3,(H,17,20)(H,19,21)/t10-,13+/m1/s1. The van der Waals surface area contributed by atoms with Gasteiger partial charge in [-0.2, -0.15) is 5.10 Å². The van der Waals surface area contributed by atoms with Crippen LogP contribution in [0.1, 0.15) is 49.4 Å². The highest BCUT2D eigenvalue weighted by Gasteiger charge is 2.20. The van der Waals surface area contributed by atoms with Gasteiger partial charge in [0.2, 0.25) is 5.91 Å². The smallest absolute Gasteiger partial charge is 0.269 e. The van der Waals surface area contributed by atoms with Gasteiger partial charge in [-0.05, 0) is 38.2 Å². The lowest BCUT2D eigenvalue weighted by Crippen LogP contribution is -2.33. The second-order valence-corrected chi connectivity index (χ2v) is 6.22. The van der Waals surface area contributed by atoms with Crippen LogP contribution in [-0.4, -0.2) is 28.8 Å². The van der Waals surface area contributed by atoms with Crippen LogP contribution >= 0.6 is 0 Å². The summed E-state index contributed by atoms with van der Waals surface area (Å²) >= 11 is 0. The molecule has 0 radical (unpaired) electrons. The van der Waals surface area contributed by atoms with Gasteiger partial charge < -0.3 is 10.1 Å². The van der Waals surface area contributed by atoms with Crippen molar-refractivity contribution >= 4 is 5.91 Å². The number of aromatic nitrogens is 2. The average Bonchev–Trinajstić information content (AvgIpc) is 2.49. The molecular formula is C16H25N3O3. The minimum absolute atomic E-state index is 0.0540. The van der Waals surface area contributed by atoms with Gasteiger partial charge in [-0.15, -0.1) is 0 Å². The van der Waals surface area contributed by atoms with Crippen molar-refractivity contribution in [3.8, 4) is 0 Å². The van der Waals surface area contributed by atoms with Crippen LogP contribution in [0.2, 0.25) is 0 Å². The van der Waals surface area contributed by atoms with E-state index in [-0.39, 0.29) is 30.7 Å². The lowest BCUT2D eigenvalue weighted by Gasteiger charge is -2.26. The lowest BCUT2D eigenvalue weighted by molar-refractivity contribution is -0.128. The monoisotopic (exact) mass is 307 g/mol. The SMILES string of the molecule is Cc1n[nH]c(=O)c(CNC(=O)CO[C@H]2CCC[C@@H](C)C2)c1C. The molecular weight excluding hydrogens is 282 g/mol. The van der Waals surface area contributed by atoms with Crippen LogP contribution in [0, 0.1) is 19.8 Å². The van der Waals surface area contributed by atoms with Crippen molar-refractivity contribution in [2.24, 2.45) is 5.92 Å². The third-order valence-electron chi connectivity index (χ3n) is 4.40. The molecule has 122 valence electrons. The fourth-order valence-corrected chi connectivity index (χ4v) is 2.85. The summed E-state index contributed by atoms with van der Waals surface area (Å²) in [5, 5.41) is 9.08. The summed E-state index contributed by atoms with van der Waals surface area (Å²) in [6.45, 7) is 6.13. The molecule has 0 aromatic carbocycles. The van der Waals surface area contributed by atoms with Crippen molar-refractivity contribution in [3.63, 3.8) is 0 Å². The summed E-state index contributed by atoms with van der Waals surface area (Å²) in [4.78, 5) is 23.6. The van der Waals surface area contributed by atoms with Crippen LogP contribution in [-0.2, 0) is 16.1 Å². The van der Waals surface area contributed by atoms with Crippen LogP contribution in [0.15, 0.2) is 4.79 Å². The number of carbonyl (C=O) groups is 1. The number of nitrogens with zero attached hydrogens (tertiary/aromatic N) is 1. The summed E-state index contributed by atoms with van der Waals surface area (Å²) < 4.78 is 5.68. The Balaban J connectivity index is 1.81. The van der Waals surface area contributed by atoms with Gasteiger partial charge in [-0.3, -0.25) is 9.59 Å². The molecule has 1 aliphatic rings. The van der Waals surface area contributed by atoms with Crippen molar-refractivity contribution in [2.45, 2.75) is 59.1 Å². The van der Waals surface area contributed by atoms with Gasteiger partial charge in [0, 0.05) is 12.1 Å². The van der Waals surface area contributed by atoms with Crippen LogP contribution in [0.4, 0.5) is 0 Å². The van der Waals surface area contributed by atoms with E-state index < -0.39 is 0 Å². The number of nitrogens with one attached hydrogen (secondary N) is 2. The Kier molecular flexibility index (Phi) is 5.71. The minimum Gasteiger partial charge on any atom is -0.368 e.